The molecule has 1 aliphatic heterocycles. The standard InChI is InChI=1S/C19H31N3O3/c1-15-20-18(21-25-15)19(11-14-24-2)9-12-22(13-10-19)17(23)8-7-16-5-3-4-6-16/h16H,3-14H2,1-2H3. The minimum atomic E-state index is -0.129. The van der Waals surface area contributed by atoms with Crippen LogP contribution in [0.4, 0.5) is 0 Å². The van der Waals surface area contributed by atoms with Crippen molar-refractivity contribution in [3.63, 3.8) is 0 Å². The van der Waals surface area contributed by atoms with Crippen molar-refractivity contribution in [3.05, 3.63) is 11.7 Å². The fourth-order valence-corrected chi connectivity index (χ4v) is 4.37. The maximum Gasteiger partial charge on any atom is 0.223 e. The first-order chi connectivity index (χ1) is 12.1. The Balaban J connectivity index is 1.56. The van der Waals surface area contributed by atoms with Crippen LogP contribution in [0.15, 0.2) is 4.52 Å². The molecule has 1 amide bonds. The molecule has 2 aliphatic rings. The van der Waals surface area contributed by atoms with E-state index < -0.39 is 0 Å². The molecule has 6 nitrogen and oxygen atoms in total. The molecule has 0 atom stereocenters. The lowest BCUT2D eigenvalue weighted by atomic mass is 9.75. The van der Waals surface area contributed by atoms with Gasteiger partial charge in [0, 0.05) is 45.6 Å². The van der Waals surface area contributed by atoms with Gasteiger partial charge in [0.05, 0.1) is 0 Å². The summed E-state index contributed by atoms with van der Waals surface area (Å²) in [5, 5.41) is 4.18. The second kappa shape index (κ2) is 8.30. The van der Waals surface area contributed by atoms with Crippen LogP contribution in [0, 0.1) is 12.8 Å². The van der Waals surface area contributed by atoms with E-state index in [0.29, 0.717) is 24.8 Å². The summed E-state index contributed by atoms with van der Waals surface area (Å²) in [6.07, 6.45) is 9.70. The molecule has 0 bridgehead atoms. The number of rotatable bonds is 7. The maximum absolute atomic E-state index is 12.6. The number of nitrogens with zero attached hydrogens (tertiary/aromatic N) is 3. The average Bonchev–Trinajstić information content (AvgIpc) is 3.30. The van der Waals surface area contributed by atoms with Gasteiger partial charge in [0.2, 0.25) is 11.8 Å². The van der Waals surface area contributed by atoms with Crippen LogP contribution in [0.3, 0.4) is 0 Å². The molecule has 1 saturated carbocycles. The number of carbonyl (C=O) groups is 1. The van der Waals surface area contributed by atoms with E-state index in [1.807, 2.05) is 11.8 Å². The van der Waals surface area contributed by atoms with E-state index in [1.165, 1.54) is 25.7 Å². The zero-order valence-corrected chi connectivity index (χ0v) is 15.6. The van der Waals surface area contributed by atoms with Gasteiger partial charge in [0.25, 0.3) is 0 Å². The summed E-state index contributed by atoms with van der Waals surface area (Å²) in [7, 11) is 1.72. The number of methoxy groups -OCH3 is 1. The monoisotopic (exact) mass is 349 g/mol. The Kier molecular flexibility index (Phi) is 6.10. The first kappa shape index (κ1) is 18.4. The lowest BCUT2D eigenvalue weighted by Gasteiger charge is -2.40. The Morgan fingerprint density at radius 2 is 2.04 bits per heavy atom. The molecule has 0 radical (unpaired) electrons. The molecule has 3 rings (SSSR count). The molecule has 1 saturated heterocycles. The van der Waals surface area contributed by atoms with Crippen molar-refractivity contribution in [1.82, 2.24) is 15.0 Å². The van der Waals surface area contributed by atoms with Crippen LogP contribution in [-0.2, 0) is 14.9 Å². The molecule has 2 fully saturated rings. The fraction of sp³-hybridized carbons (Fsp3) is 0.842. The van der Waals surface area contributed by atoms with Crippen LogP contribution in [0.1, 0.15) is 69.5 Å². The molecule has 0 unspecified atom stereocenters. The molecular weight excluding hydrogens is 318 g/mol. The number of ether oxygens (including phenoxy) is 1. The van der Waals surface area contributed by atoms with E-state index >= 15 is 0 Å². The van der Waals surface area contributed by atoms with Gasteiger partial charge in [-0.2, -0.15) is 4.98 Å². The third kappa shape index (κ3) is 4.40. The van der Waals surface area contributed by atoms with E-state index in [9.17, 15) is 4.79 Å². The number of likely N-dealkylation sites (tertiary alicyclic amines) is 1. The Bertz CT molecular complexity index is 558. The van der Waals surface area contributed by atoms with Gasteiger partial charge < -0.3 is 14.2 Å². The second-order valence-electron chi connectivity index (χ2n) is 7.73. The number of piperidine rings is 1. The van der Waals surface area contributed by atoms with Crippen LogP contribution < -0.4 is 0 Å². The molecule has 2 heterocycles. The highest BCUT2D eigenvalue weighted by Gasteiger charge is 2.40. The minimum Gasteiger partial charge on any atom is -0.385 e. The van der Waals surface area contributed by atoms with Gasteiger partial charge in [-0.3, -0.25) is 4.79 Å². The van der Waals surface area contributed by atoms with E-state index in [4.69, 9.17) is 9.26 Å². The molecule has 0 spiro atoms. The minimum absolute atomic E-state index is 0.129. The van der Waals surface area contributed by atoms with Crippen LogP contribution in [0.2, 0.25) is 0 Å². The number of carbonyl (C=O) groups excluding carboxylic acids is 1. The molecule has 140 valence electrons. The van der Waals surface area contributed by atoms with Crippen molar-refractivity contribution in [2.24, 2.45) is 5.92 Å². The van der Waals surface area contributed by atoms with Crippen molar-refractivity contribution in [2.45, 2.75) is 70.1 Å². The van der Waals surface area contributed by atoms with Crippen molar-refractivity contribution < 1.29 is 14.1 Å². The molecule has 0 N–H and O–H groups in total. The summed E-state index contributed by atoms with van der Waals surface area (Å²) in [6.45, 7) is 4.05. The largest absolute Gasteiger partial charge is 0.385 e. The van der Waals surface area contributed by atoms with Crippen LogP contribution in [0.5, 0.6) is 0 Å². The lowest BCUT2D eigenvalue weighted by Crippen LogP contribution is -2.46. The molecule has 1 aliphatic carbocycles. The van der Waals surface area contributed by atoms with E-state index in [1.54, 1.807) is 7.11 Å². The Morgan fingerprint density at radius 3 is 2.64 bits per heavy atom. The Hall–Kier alpha value is -1.43. The second-order valence-corrected chi connectivity index (χ2v) is 7.73. The summed E-state index contributed by atoms with van der Waals surface area (Å²) in [4.78, 5) is 19.1. The first-order valence-corrected chi connectivity index (χ1v) is 9.70. The number of aromatic nitrogens is 2. The predicted molar refractivity (Wildman–Crippen MR) is 94.2 cm³/mol. The van der Waals surface area contributed by atoms with Crippen LogP contribution in [-0.4, -0.2) is 47.8 Å². The first-order valence-electron chi connectivity index (χ1n) is 9.70. The van der Waals surface area contributed by atoms with Crippen molar-refractivity contribution in [1.29, 1.82) is 0 Å². The highest BCUT2D eigenvalue weighted by molar-refractivity contribution is 5.76. The lowest BCUT2D eigenvalue weighted by molar-refractivity contribution is -0.133. The van der Waals surface area contributed by atoms with Crippen LogP contribution in [0.25, 0.3) is 0 Å². The van der Waals surface area contributed by atoms with E-state index in [-0.39, 0.29) is 5.41 Å². The fourth-order valence-electron chi connectivity index (χ4n) is 4.37. The van der Waals surface area contributed by atoms with Gasteiger partial charge in [0.15, 0.2) is 5.82 Å². The summed E-state index contributed by atoms with van der Waals surface area (Å²) >= 11 is 0. The molecular formula is C19H31N3O3. The third-order valence-corrected chi connectivity index (χ3v) is 6.10. The van der Waals surface area contributed by atoms with Gasteiger partial charge in [0.1, 0.15) is 0 Å². The maximum atomic E-state index is 12.6. The van der Waals surface area contributed by atoms with Crippen molar-refractivity contribution >= 4 is 5.91 Å². The quantitative estimate of drug-likeness (QED) is 0.756. The van der Waals surface area contributed by atoms with E-state index in [2.05, 4.69) is 10.1 Å². The topological polar surface area (TPSA) is 68.5 Å². The summed E-state index contributed by atoms with van der Waals surface area (Å²) < 4.78 is 10.5. The molecule has 6 heteroatoms. The summed E-state index contributed by atoms with van der Waals surface area (Å²) in [5.74, 6) is 2.47. The highest BCUT2D eigenvalue weighted by Crippen LogP contribution is 2.37. The predicted octanol–water partition coefficient (Wildman–Crippen LogP) is 3.25. The summed E-state index contributed by atoms with van der Waals surface area (Å²) in [6, 6.07) is 0. The molecule has 0 aromatic carbocycles. The van der Waals surface area contributed by atoms with E-state index in [0.717, 1.165) is 50.5 Å². The van der Waals surface area contributed by atoms with Crippen molar-refractivity contribution in [2.75, 3.05) is 26.8 Å². The van der Waals surface area contributed by atoms with Gasteiger partial charge in [-0.25, -0.2) is 0 Å². The zero-order valence-electron chi connectivity index (χ0n) is 15.6. The number of hydrogen-bond donors (Lipinski definition) is 0. The number of hydrogen-bond acceptors (Lipinski definition) is 5. The van der Waals surface area contributed by atoms with Crippen LogP contribution >= 0.6 is 0 Å². The average molecular weight is 349 g/mol. The zero-order chi connectivity index (χ0) is 17.7. The van der Waals surface area contributed by atoms with Gasteiger partial charge >= 0.3 is 0 Å². The number of amides is 1. The smallest absolute Gasteiger partial charge is 0.223 e. The molecule has 1 aromatic rings. The third-order valence-electron chi connectivity index (χ3n) is 6.10. The normalized spacial score (nSPS) is 21.0. The van der Waals surface area contributed by atoms with Gasteiger partial charge in [-0.15, -0.1) is 0 Å². The Labute approximate surface area is 150 Å². The van der Waals surface area contributed by atoms with Gasteiger partial charge in [-0.1, -0.05) is 30.8 Å². The number of aryl methyl sites for hydroxylation is 1. The SMILES string of the molecule is COCCC1(c2noc(C)n2)CCN(C(=O)CCC2CCCC2)CC1. The molecule has 1 aromatic heterocycles. The summed E-state index contributed by atoms with van der Waals surface area (Å²) in [5.41, 5.74) is -0.129. The molecule has 25 heavy (non-hydrogen) atoms. The Morgan fingerprint density at radius 1 is 1.32 bits per heavy atom. The van der Waals surface area contributed by atoms with Gasteiger partial charge in [-0.05, 0) is 31.6 Å². The van der Waals surface area contributed by atoms with Crippen molar-refractivity contribution in [3.8, 4) is 0 Å². The highest BCUT2D eigenvalue weighted by atomic mass is 16.5.